The molecular formula is C23H32FN3O3. The molecule has 0 aliphatic carbocycles. The second-order valence-corrected chi connectivity index (χ2v) is 7.78. The molecule has 0 saturated carbocycles. The van der Waals surface area contributed by atoms with Gasteiger partial charge in [-0.25, -0.2) is 4.39 Å². The van der Waals surface area contributed by atoms with Crippen LogP contribution < -0.4 is 14.8 Å². The highest BCUT2D eigenvalue weighted by Gasteiger charge is 2.18. The van der Waals surface area contributed by atoms with Gasteiger partial charge in [-0.3, -0.25) is 4.90 Å². The molecule has 1 heterocycles. The molecule has 0 bridgehead atoms. The molecule has 7 heteroatoms. The molecule has 2 aromatic rings. The Hall–Kier alpha value is -2.19. The van der Waals surface area contributed by atoms with Gasteiger partial charge in [-0.15, -0.1) is 0 Å². The number of nitrogens with zero attached hydrogens (tertiary/aromatic N) is 2. The molecule has 0 spiro atoms. The lowest BCUT2D eigenvalue weighted by atomic mass is 10.1. The SMILES string of the molecule is COc1ccc(CNCc2cccc(F)c2)c(OC[C@H](O)CN2CCN(C)CC2)c1. The normalized spacial score (nSPS) is 16.4. The summed E-state index contributed by atoms with van der Waals surface area (Å²) in [4.78, 5) is 4.56. The number of nitrogens with one attached hydrogen (secondary N) is 1. The predicted octanol–water partition coefficient (Wildman–Crippen LogP) is 2.11. The van der Waals surface area contributed by atoms with E-state index in [9.17, 15) is 9.50 Å². The average Bonchev–Trinajstić information content (AvgIpc) is 2.74. The molecule has 6 nitrogen and oxygen atoms in total. The van der Waals surface area contributed by atoms with Crippen LogP contribution in [0.25, 0.3) is 0 Å². The van der Waals surface area contributed by atoms with Crippen molar-refractivity contribution < 1.29 is 19.0 Å². The molecule has 1 aliphatic heterocycles. The van der Waals surface area contributed by atoms with Crippen molar-refractivity contribution in [2.45, 2.75) is 19.2 Å². The smallest absolute Gasteiger partial charge is 0.127 e. The van der Waals surface area contributed by atoms with E-state index in [0.717, 1.165) is 37.3 Å². The summed E-state index contributed by atoms with van der Waals surface area (Å²) < 4.78 is 24.6. The monoisotopic (exact) mass is 417 g/mol. The molecule has 0 unspecified atom stereocenters. The van der Waals surface area contributed by atoms with E-state index in [-0.39, 0.29) is 12.4 Å². The third-order valence-electron chi connectivity index (χ3n) is 5.30. The molecule has 164 valence electrons. The van der Waals surface area contributed by atoms with Gasteiger partial charge in [0.2, 0.25) is 0 Å². The van der Waals surface area contributed by atoms with Crippen molar-refractivity contribution in [3.8, 4) is 11.5 Å². The summed E-state index contributed by atoms with van der Waals surface area (Å²) in [5.74, 6) is 1.14. The van der Waals surface area contributed by atoms with Gasteiger partial charge in [-0.1, -0.05) is 18.2 Å². The second-order valence-electron chi connectivity index (χ2n) is 7.78. The van der Waals surface area contributed by atoms with Crippen LogP contribution in [-0.4, -0.2) is 74.5 Å². The third-order valence-corrected chi connectivity index (χ3v) is 5.30. The summed E-state index contributed by atoms with van der Waals surface area (Å²) >= 11 is 0. The number of aliphatic hydroxyl groups is 1. The summed E-state index contributed by atoms with van der Waals surface area (Å²) in [5.41, 5.74) is 1.84. The number of likely N-dealkylation sites (N-methyl/N-ethyl adjacent to an activating group) is 1. The summed E-state index contributed by atoms with van der Waals surface area (Å²) in [5, 5.41) is 13.8. The molecule has 1 saturated heterocycles. The van der Waals surface area contributed by atoms with Crippen molar-refractivity contribution in [1.82, 2.24) is 15.1 Å². The first kappa shape index (κ1) is 22.5. The minimum Gasteiger partial charge on any atom is -0.497 e. The summed E-state index contributed by atoms with van der Waals surface area (Å²) in [6.45, 7) is 5.89. The van der Waals surface area contributed by atoms with E-state index in [2.05, 4.69) is 22.2 Å². The molecule has 2 N–H and O–H groups in total. The van der Waals surface area contributed by atoms with Crippen LogP contribution in [0.15, 0.2) is 42.5 Å². The number of benzene rings is 2. The van der Waals surface area contributed by atoms with E-state index in [1.807, 2.05) is 24.3 Å². The van der Waals surface area contributed by atoms with E-state index in [0.29, 0.717) is 31.1 Å². The molecule has 1 aliphatic rings. The lowest BCUT2D eigenvalue weighted by molar-refractivity contribution is 0.0501. The average molecular weight is 418 g/mol. The van der Waals surface area contributed by atoms with Crippen LogP contribution >= 0.6 is 0 Å². The molecule has 3 rings (SSSR count). The quantitative estimate of drug-likeness (QED) is 0.618. The highest BCUT2D eigenvalue weighted by atomic mass is 19.1. The van der Waals surface area contributed by atoms with E-state index in [1.54, 1.807) is 13.2 Å². The van der Waals surface area contributed by atoms with E-state index < -0.39 is 6.10 Å². The van der Waals surface area contributed by atoms with Gasteiger partial charge >= 0.3 is 0 Å². The fourth-order valence-corrected chi connectivity index (χ4v) is 3.50. The summed E-state index contributed by atoms with van der Waals surface area (Å²) in [7, 11) is 3.73. The maximum Gasteiger partial charge on any atom is 0.127 e. The van der Waals surface area contributed by atoms with Crippen LogP contribution in [0.1, 0.15) is 11.1 Å². The van der Waals surface area contributed by atoms with Crippen LogP contribution in [0.3, 0.4) is 0 Å². The Morgan fingerprint density at radius 1 is 1.10 bits per heavy atom. The second kappa shape index (κ2) is 11.3. The lowest BCUT2D eigenvalue weighted by Crippen LogP contribution is -2.47. The minimum atomic E-state index is -0.562. The molecular weight excluding hydrogens is 385 g/mol. The van der Waals surface area contributed by atoms with Crippen molar-refractivity contribution in [2.24, 2.45) is 0 Å². The Balaban J connectivity index is 1.53. The zero-order valence-corrected chi connectivity index (χ0v) is 17.8. The number of aliphatic hydroxyl groups excluding tert-OH is 1. The molecule has 0 aromatic heterocycles. The van der Waals surface area contributed by atoms with Gasteiger partial charge in [-0.05, 0) is 30.8 Å². The first-order chi connectivity index (χ1) is 14.5. The highest BCUT2D eigenvalue weighted by Crippen LogP contribution is 2.25. The van der Waals surface area contributed by atoms with Crippen LogP contribution in [0.2, 0.25) is 0 Å². The summed E-state index contributed by atoms with van der Waals surface area (Å²) in [6.07, 6.45) is -0.562. The van der Waals surface area contributed by atoms with Gasteiger partial charge in [-0.2, -0.15) is 0 Å². The van der Waals surface area contributed by atoms with Crippen molar-refractivity contribution in [3.05, 3.63) is 59.4 Å². The van der Waals surface area contributed by atoms with Gasteiger partial charge in [0.05, 0.1) is 7.11 Å². The Bertz CT molecular complexity index is 797. The molecule has 0 amide bonds. The lowest BCUT2D eigenvalue weighted by Gasteiger charge is -2.33. The van der Waals surface area contributed by atoms with Crippen molar-refractivity contribution in [3.63, 3.8) is 0 Å². The van der Waals surface area contributed by atoms with Crippen LogP contribution in [0.4, 0.5) is 4.39 Å². The topological polar surface area (TPSA) is 57.2 Å². The maximum absolute atomic E-state index is 13.3. The number of piperazine rings is 1. The van der Waals surface area contributed by atoms with Gasteiger partial charge in [0, 0.05) is 57.4 Å². The fourth-order valence-electron chi connectivity index (χ4n) is 3.50. The van der Waals surface area contributed by atoms with Crippen LogP contribution in [-0.2, 0) is 13.1 Å². The van der Waals surface area contributed by atoms with Crippen LogP contribution in [0, 0.1) is 5.82 Å². The van der Waals surface area contributed by atoms with Crippen molar-refractivity contribution in [1.29, 1.82) is 0 Å². The van der Waals surface area contributed by atoms with Crippen molar-refractivity contribution >= 4 is 0 Å². The molecule has 0 radical (unpaired) electrons. The molecule has 1 fully saturated rings. The van der Waals surface area contributed by atoms with Gasteiger partial charge < -0.3 is 24.8 Å². The Morgan fingerprint density at radius 2 is 1.90 bits per heavy atom. The Labute approximate surface area is 178 Å². The fraction of sp³-hybridized carbons (Fsp3) is 0.478. The largest absolute Gasteiger partial charge is 0.497 e. The first-order valence-electron chi connectivity index (χ1n) is 10.4. The maximum atomic E-state index is 13.3. The summed E-state index contributed by atoms with van der Waals surface area (Å²) in [6, 6.07) is 12.2. The number of rotatable bonds is 10. The minimum absolute atomic E-state index is 0.219. The van der Waals surface area contributed by atoms with Crippen molar-refractivity contribution in [2.75, 3.05) is 53.5 Å². The van der Waals surface area contributed by atoms with Gasteiger partial charge in [0.25, 0.3) is 0 Å². The zero-order chi connectivity index (χ0) is 21.3. The first-order valence-corrected chi connectivity index (χ1v) is 10.4. The Kier molecular flexibility index (Phi) is 8.45. The Morgan fingerprint density at radius 3 is 2.63 bits per heavy atom. The van der Waals surface area contributed by atoms with E-state index >= 15 is 0 Å². The number of hydrogen-bond acceptors (Lipinski definition) is 6. The van der Waals surface area contributed by atoms with Gasteiger partial charge in [0.15, 0.2) is 0 Å². The van der Waals surface area contributed by atoms with E-state index in [1.165, 1.54) is 12.1 Å². The predicted molar refractivity (Wildman–Crippen MR) is 115 cm³/mol. The van der Waals surface area contributed by atoms with Crippen LogP contribution in [0.5, 0.6) is 11.5 Å². The molecule has 30 heavy (non-hydrogen) atoms. The van der Waals surface area contributed by atoms with E-state index in [4.69, 9.17) is 9.47 Å². The number of ether oxygens (including phenoxy) is 2. The highest BCUT2D eigenvalue weighted by molar-refractivity contribution is 5.40. The number of β-amino-alcohol motifs (C(OH)–C–C–N with tert-alkyl or cyclic N) is 1. The zero-order valence-electron chi connectivity index (χ0n) is 17.8. The molecule has 2 aromatic carbocycles. The molecule has 1 atom stereocenters. The number of methoxy groups -OCH3 is 1. The number of halogens is 1. The number of hydrogen-bond donors (Lipinski definition) is 2. The third kappa shape index (κ3) is 6.95. The van der Waals surface area contributed by atoms with Gasteiger partial charge in [0.1, 0.15) is 30.0 Å². The standard InChI is InChI=1S/C23H32FN3O3/c1-26-8-10-27(11-9-26)16-21(28)17-30-23-13-22(29-2)7-6-19(23)15-25-14-18-4-3-5-20(24)12-18/h3-7,12-13,21,25,28H,8-11,14-17H2,1-2H3/t21-/m1/s1.